The van der Waals surface area contributed by atoms with Crippen molar-refractivity contribution >= 4 is 23.0 Å². The standard InChI is InChI=1S/C19H21FN4O3/c1-14(19(25)21-18-5-3-2-4-17(18)20)22-10-12-23(13-11-22)15-6-8-16(9-7-15)24(26)27/h2-9,14H,10-13H2,1H3,(H,21,25). The molecule has 1 aliphatic heterocycles. The molecule has 1 atom stereocenters. The summed E-state index contributed by atoms with van der Waals surface area (Å²) in [7, 11) is 0. The van der Waals surface area contributed by atoms with Crippen LogP contribution in [0, 0.1) is 15.9 Å². The van der Waals surface area contributed by atoms with Gasteiger partial charge in [0.2, 0.25) is 5.91 Å². The summed E-state index contributed by atoms with van der Waals surface area (Å²) in [5.41, 5.74) is 1.17. The zero-order valence-electron chi connectivity index (χ0n) is 15.0. The highest BCUT2D eigenvalue weighted by atomic mass is 19.1. The lowest BCUT2D eigenvalue weighted by atomic mass is 10.2. The van der Waals surface area contributed by atoms with Crippen LogP contribution in [0.2, 0.25) is 0 Å². The molecular formula is C19H21FN4O3. The summed E-state index contributed by atoms with van der Waals surface area (Å²) in [6.07, 6.45) is 0. The van der Waals surface area contributed by atoms with Crippen molar-refractivity contribution in [1.82, 2.24) is 4.90 Å². The van der Waals surface area contributed by atoms with Gasteiger partial charge in [-0.25, -0.2) is 4.39 Å². The van der Waals surface area contributed by atoms with Gasteiger partial charge in [0.1, 0.15) is 5.82 Å². The van der Waals surface area contributed by atoms with Crippen LogP contribution in [0.4, 0.5) is 21.5 Å². The van der Waals surface area contributed by atoms with Crippen molar-refractivity contribution in [2.45, 2.75) is 13.0 Å². The number of piperazine rings is 1. The first-order valence-corrected chi connectivity index (χ1v) is 8.74. The second-order valence-corrected chi connectivity index (χ2v) is 6.44. The first kappa shape index (κ1) is 18.8. The molecule has 1 N–H and O–H groups in total. The second-order valence-electron chi connectivity index (χ2n) is 6.44. The Kier molecular flexibility index (Phi) is 5.66. The molecule has 1 saturated heterocycles. The van der Waals surface area contributed by atoms with Gasteiger partial charge in [0, 0.05) is 44.0 Å². The number of rotatable bonds is 5. The van der Waals surface area contributed by atoms with Gasteiger partial charge in [-0.05, 0) is 31.2 Å². The molecule has 1 aliphatic rings. The monoisotopic (exact) mass is 372 g/mol. The quantitative estimate of drug-likeness (QED) is 0.645. The largest absolute Gasteiger partial charge is 0.369 e. The highest BCUT2D eigenvalue weighted by molar-refractivity contribution is 5.94. The van der Waals surface area contributed by atoms with Gasteiger partial charge in [-0.3, -0.25) is 19.8 Å². The summed E-state index contributed by atoms with van der Waals surface area (Å²) in [4.78, 5) is 26.9. The number of non-ortho nitro benzene ring substituents is 1. The van der Waals surface area contributed by atoms with E-state index in [1.165, 1.54) is 24.3 Å². The molecule has 2 aromatic rings. The molecule has 0 aliphatic carbocycles. The number of nitrogens with zero attached hydrogens (tertiary/aromatic N) is 3. The Morgan fingerprint density at radius 2 is 1.74 bits per heavy atom. The highest BCUT2D eigenvalue weighted by Gasteiger charge is 2.26. The number of anilines is 2. The Morgan fingerprint density at radius 3 is 2.33 bits per heavy atom. The third kappa shape index (κ3) is 4.40. The van der Waals surface area contributed by atoms with Gasteiger partial charge >= 0.3 is 0 Å². The van der Waals surface area contributed by atoms with Crippen LogP contribution in [0.25, 0.3) is 0 Å². The molecule has 0 radical (unpaired) electrons. The van der Waals surface area contributed by atoms with Crippen molar-refractivity contribution in [2.24, 2.45) is 0 Å². The van der Waals surface area contributed by atoms with E-state index in [0.717, 1.165) is 5.69 Å². The zero-order valence-corrected chi connectivity index (χ0v) is 15.0. The Morgan fingerprint density at radius 1 is 1.11 bits per heavy atom. The minimum Gasteiger partial charge on any atom is -0.369 e. The SMILES string of the molecule is CC(C(=O)Nc1ccccc1F)N1CCN(c2ccc([N+](=O)[O-])cc2)CC1. The third-order valence-corrected chi connectivity index (χ3v) is 4.80. The minimum atomic E-state index is -0.457. The van der Waals surface area contributed by atoms with Crippen LogP contribution in [0.3, 0.4) is 0 Å². The number of nitro groups is 1. The highest BCUT2D eigenvalue weighted by Crippen LogP contribution is 2.21. The van der Waals surface area contributed by atoms with E-state index in [9.17, 15) is 19.3 Å². The predicted molar refractivity (Wildman–Crippen MR) is 101 cm³/mol. The Labute approximate surface area is 156 Å². The number of nitrogens with one attached hydrogen (secondary N) is 1. The number of hydrogen-bond acceptors (Lipinski definition) is 5. The molecule has 0 aromatic heterocycles. The van der Waals surface area contributed by atoms with Gasteiger partial charge in [-0.1, -0.05) is 12.1 Å². The average molecular weight is 372 g/mol. The molecule has 8 heteroatoms. The lowest BCUT2D eigenvalue weighted by molar-refractivity contribution is -0.384. The lowest BCUT2D eigenvalue weighted by Gasteiger charge is -2.38. The first-order valence-electron chi connectivity index (χ1n) is 8.74. The van der Waals surface area contributed by atoms with Crippen LogP contribution in [0.15, 0.2) is 48.5 Å². The van der Waals surface area contributed by atoms with Crippen molar-refractivity contribution in [3.8, 4) is 0 Å². The summed E-state index contributed by atoms with van der Waals surface area (Å²) >= 11 is 0. The molecule has 27 heavy (non-hydrogen) atoms. The van der Waals surface area contributed by atoms with Crippen molar-refractivity contribution in [1.29, 1.82) is 0 Å². The maximum atomic E-state index is 13.7. The van der Waals surface area contributed by atoms with E-state index in [-0.39, 0.29) is 23.3 Å². The van der Waals surface area contributed by atoms with Crippen LogP contribution in [-0.2, 0) is 4.79 Å². The molecule has 1 amide bonds. The van der Waals surface area contributed by atoms with Crippen LogP contribution in [0.1, 0.15) is 6.92 Å². The van der Waals surface area contributed by atoms with E-state index >= 15 is 0 Å². The fourth-order valence-electron chi connectivity index (χ4n) is 3.12. The average Bonchev–Trinajstić information content (AvgIpc) is 2.69. The molecule has 7 nitrogen and oxygen atoms in total. The molecule has 0 saturated carbocycles. The van der Waals surface area contributed by atoms with Crippen molar-refractivity contribution < 1.29 is 14.1 Å². The number of carbonyl (C=O) groups excluding carboxylic acids is 1. The summed E-state index contributed by atoms with van der Waals surface area (Å²) in [6.45, 7) is 4.55. The van der Waals surface area contributed by atoms with Gasteiger partial charge in [-0.15, -0.1) is 0 Å². The summed E-state index contributed by atoms with van der Waals surface area (Å²) in [5.74, 6) is -0.704. The van der Waals surface area contributed by atoms with Crippen LogP contribution in [-0.4, -0.2) is 48.0 Å². The van der Waals surface area contributed by atoms with Gasteiger partial charge in [0.05, 0.1) is 16.7 Å². The molecule has 3 rings (SSSR count). The van der Waals surface area contributed by atoms with Crippen molar-refractivity contribution in [3.63, 3.8) is 0 Å². The van der Waals surface area contributed by atoms with E-state index in [1.807, 2.05) is 4.90 Å². The Bertz CT molecular complexity index is 820. The van der Waals surface area contributed by atoms with E-state index < -0.39 is 10.7 Å². The molecule has 1 fully saturated rings. The number of para-hydroxylation sites is 1. The Balaban J connectivity index is 1.55. The van der Waals surface area contributed by atoms with Gasteiger partial charge in [-0.2, -0.15) is 0 Å². The fourth-order valence-corrected chi connectivity index (χ4v) is 3.12. The summed E-state index contributed by atoms with van der Waals surface area (Å²) < 4.78 is 13.7. The number of hydrogen-bond donors (Lipinski definition) is 1. The van der Waals surface area contributed by atoms with Gasteiger partial charge < -0.3 is 10.2 Å². The lowest BCUT2D eigenvalue weighted by Crippen LogP contribution is -2.52. The molecule has 1 unspecified atom stereocenters. The van der Waals surface area contributed by atoms with Crippen LogP contribution >= 0.6 is 0 Å². The molecule has 0 bridgehead atoms. The molecular weight excluding hydrogens is 351 g/mol. The van der Waals surface area contributed by atoms with E-state index in [1.54, 1.807) is 31.2 Å². The number of nitro benzene ring substituents is 1. The van der Waals surface area contributed by atoms with Crippen molar-refractivity contribution in [3.05, 3.63) is 64.5 Å². The van der Waals surface area contributed by atoms with Gasteiger partial charge in [0.25, 0.3) is 5.69 Å². The second kappa shape index (κ2) is 8.13. The smallest absolute Gasteiger partial charge is 0.269 e. The number of amides is 1. The summed E-state index contributed by atoms with van der Waals surface area (Å²) in [5, 5.41) is 13.4. The number of benzene rings is 2. The molecule has 142 valence electrons. The maximum Gasteiger partial charge on any atom is 0.269 e. The third-order valence-electron chi connectivity index (χ3n) is 4.80. The van der Waals surface area contributed by atoms with Crippen LogP contribution in [0.5, 0.6) is 0 Å². The molecule has 0 spiro atoms. The zero-order chi connectivity index (χ0) is 19.4. The first-order chi connectivity index (χ1) is 13.0. The van der Waals surface area contributed by atoms with Crippen LogP contribution < -0.4 is 10.2 Å². The maximum absolute atomic E-state index is 13.7. The number of carbonyl (C=O) groups is 1. The topological polar surface area (TPSA) is 78.7 Å². The molecule has 2 aromatic carbocycles. The van der Waals surface area contributed by atoms with E-state index in [2.05, 4.69) is 10.2 Å². The van der Waals surface area contributed by atoms with Gasteiger partial charge in [0.15, 0.2) is 0 Å². The molecule has 1 heterocycles. The Hall–Kier alpha value is -3.00. The number of halogens is 1. The van der Waals surface area contributed by atoms with Crippen molar-refractivity contribution in [2.75, 3.05) is 36.4 Å². The normalized spacial score (nSPS) is 16.0. The fraction of sp³-hybridized carbons (Fsp3) is 0.316. The van der Waals surface area contributed by atoms with E-state index in [0.29, 0.717) is 26.2 Å². The minimum absolute atomic E-state index is 0.0656. The van der Waals surface area contributed by atoms with E-state index in [4.69, 9.17) is 0 Å². The summed E-state index contributed by atoms with van der Waals surface area (Å²) in [6, 6.07) is 12.2. The predicted octanol–water partition coefficient (Wildman–Crippen LogP) is 2.88.